The first-order chi connectivity index (χ1) is 32.8. The van der Waals surface area contributed by atoms with Gasteiger partial charge in [0.1, 0.15) is 17.0 Å². The van der Waals surface area contributed by atoms with E-state index in [1.54, 1.807) is 17.0 Å². The Morgan fingerprint density at radius 1 is 0.714 bits per heavy atom. The SMILES string of the molecule is C[C@@H]1COCCN1C[C@H]1CN(C(=O)OC(C)(C)C)[C@H](C)CN1CC(=O)N1CC(C)(C)c2ncc(Cc3ccc(F)cc3)cc21.C[C@@H]1COCCN1C[C@H]1CN(C(=O)OC(C)(C)C)[C@H](C)CN1CC(=O)O. The lowest BCUT2D eigenvalue weighted by atomic mass is 9.91. The first-order valence-corrected chi connectivity index (χ1v) is 25.1. The topological polar surface area (TPSA) is 161 Å². The molecule has 6 atom stereocenters. The summed E-state index contributed by atoms with van der Waals surface area (Å²) >= 11 is 0. The normalized spacial score (nSPS) is 26.0. The summed E-state index contributed by atoms with van der Waals surface area (Å²) in [5.41, 5.74) is 2.30. The summed E-state index contributed by atoms with van der Waals surface area (Å²) in [6.07, 6.45) is 1.83. The number of carboxylic acids is 1. The van der Waals surface area contributed by atoms with Gasteiger partial charge in [-0.25, -0.2) is 14.0 Å². The lowest BCUT2D eigenvalue weighted by Crippen LogP contribution is -2.64. The number of hydrogen-bond donors (Lipinski definition) is 1. The number of rotatable bonds is 10. The number of carbonyl (C=O) groups is 4. The maximum Gasteiger partial charge on any atom is 0.410 e. The highest BCUT2D eigenvalue weighted by Gasteiger charge is 2.44. The Balaban J connectivity index is 0.000000264. The van der Waals surface area contributed by atoms with Crippen molar-refractivity contribution in [1.29, 1.82) is 0 Å². The molecule has 1 N–H and O–H groups in total. The molecule has 7 rings (SSSR count). The Bertz CT molecular complexity index is 2120. The average Bonchev–Trinajstić information content (AvgIpc) is 3.53. The molecule has 390 valence electrons. The standard InChI is InChI=1S/C34H48FN5O4.C18H33N3O5/c1-23-17-38(28(18-37-12-13-43-21-24(37)2)19-39(23)32(42)44-33(3,4)5)20-30(41)40-22-34(6,7)31-29(40)15-26(16-36-31)14-25-8-10-27(35)11-9-25;1-13-8-20(11-16(22)23)15(9-19-6-7-25-12-14(19)2)10-21(13)17(24)26-18(3,4)5/h8-11,15-16,23-24,28H,12-14,17-22H2,1-7H3;13-15H,6-12H2,1-5H3,(H,22,23)/t23-,24-,28+;13-,14-,15+/m11/s1. The van der Waals surface area contributed by atoms with Gasteiger partial charge in [-0.15, -0.1) is 0 Å². The fourth-order valence-corrected chi connectivity index (χ4v) is 10.1. The predicted octanol–water partition coefficient (Wildman–Crippen LogP) is 5.57. The summed E-state index contributed by atoms with van der Waals surface area (Å²) in [6, 6.07) is 8.80. The van der Waals surface area contributed by atoms with Gasteiger partial charge >= 0.3 is 18.2 Å². The van der Waals surface area contributed by atoms with E-state index in [4.69, 9.17) is 23.9 Å². The van der Waals surface area contributed by atoms with Crippen LogP contribution in [-0.2, 0) is 40.4 Å². The van der Waals surface area contributed by atoms with Crippen LogP contribution in [0, 0.1) is 5.82 Å². The number of anilines is 1. The smallest absolute Gasteiger partial charge is 0.410 e. The van der Waals surface area contributed by atoms with Crippen molar-refractivity contribution in [3.8, 4) is 0 Å². The first kappa shape index (κ1) is 54.9. The molecular formula is C52H81FN8O9. The van der Waals surface area contributed by atoms with Gasteiger partial charge in [-0.05, 0) is 105 Å². The molecule has 5 aliphatic rings. The number of aromatic nitrogens is 1. The highest BCUT2D eigenvalue weighted by atomic mass is 19.1. The van der Waals surface area contributed by atoms with Crippen LogP contribution < -0.4 is 4.90 Å². The van der Waals surface area contributed by atoms with Crippen LogP contribution in [0.2, 0.25) is 0 Å². The number of amides is 3. The monoisotopic (exact) mass is 981 g/mol. The summed E-state index contributed by atoms with van der Waals surface area (Å²) in [6.45, 7) is 32.3. The van der Waals surface area contributed by atoms with Crippen molar-refractivity contribution in [3.63, 3.8) is 0 Å². The van der Waals surface area contributed by atoms with Crippen LogP contribution in [0.5, 0.6) is 0 Å². The summed E-state index contributed by atoms with van der Waals surface area (Å²) in [5, 5.41) is 9.28. The van der Waals surface area contributed by atoms with Crippen molar-refractivity contribution in [2.45, 2.75) is 142 Å². The van der Waals surface area contributed by atoms with Crippen LogP contribution in [0.15, 0.2) is 36.5 Å². The zero-order valence-electron chi connectivity index (χ0n) is 43.9. The van der Waals surface area contributed by atoms with E-state index in [-0.39, 0.29) is 78.7 Å². The number of carboxylic acid groups (broad SMARTS) is 1. The number of hydrogen-bond acceptors (Lipinski definition) is 13. The average molecular weight is 981 g/mol. The van der Waals surface area contributed by atoms with Gasteiger partial charge in [0.15, 0.2) is 0 Å². The molecule has 1 aromatic heterocycles. The van der Waals surface area contributed by atoms with Gasteiger partial charge in [0, 0.05) is 107 Å². The summed E-state index contributed by atoms with van der Waals surface area (Å²) < 4.78 is 35.9. The van der Waals surface area contributed by atoms with Gasteiger partial charge in [-0.1, -0.05) is 26.0 Å². The second-order valence-electron chi connectivity index (χ2n) is 22.7. The van der Waals surface area contributed by atoms with E-state index in [1.807, 2.05) is 76.3 Å². The molecule has 1 aromatic carbocycles. The number of nitrogens with zero attached hydrogens (tertiary/aromatic N) is 8. The van der Waals surface area contributed by atoms with E-state index in [9.17, 15) is 28.7 Å². The number of halogens is 1. The minimum absolute atomic E-state index is 0.0180. The van der Waals surface area contributed by atoms with Crippen LogP contribution in [0.3, 0.4) is 0 Å². The summed E-state index contributed by atoms with van der Waals surface area (Å²) in [5.74, 6) is -1.08. The Morgan fingerprint density at radius 2 is 1.20 bits per heavy atom. The number of ether oxygens (including phenoxy) is 4. The molecule has 0 spiro atoms. The fourth-order valence-electron chi connectivity index (χ4n) is 10.1. The molecule has 6 heterocycles. The number of carbonyl (C=O) groups excluding carboxylic acids is 3. The Labute approximate surface area is 415 Å². The minimum atomic E-state index is -0.844. The molecule has 0 bridgehead atoms. The minimum Gasteiger partial charge on any atom is -0.480 e. The van der Waals surface area contributed by atoms with Crippen molar-refractivity contribution in [3.05, 3.63) is 59.2 Å². The van der Waals surface area contributed by atoms with Crippen molar-refractivity contribution >= 4 is 29.8 Å². The van der Waals surface area contributed by atoms with E-state index in [0.29, 0.717) is 72.1 Å². The predicted molar refractivity (Wildman–Crippen MR) is 266 cm³/mol. The lowest BCUT2D eigenvalue weighted by molar-refractivity contribution is -0.140. The van der Waals surface area contributed by atoms with Gasteiger partial charge < -0.3 is 38.8 Å². The molecule has 0 unspecified atom stereocenters. The molecule has 0 saturated carbocycles. The van der Waals surface area contributed by atoms with Crippen LogP contribution in [0.25, 0.3) is 0 Å². The number of aliphatic carboxylic acids is 1. The van der Waals surface area contributed by atoms with E-state index in [2.05, 4.69) is 48.5 Å². The molecule has 2 aromatic rings. The molecule has 18 heteroatoms. The van der Waals surface area contributed by atoms with Gasteiger partial charge in [-0.3, -0.25) is 34.2 Å². The van der Waals surface area contributed by atoms with Crippen molar-refractivity contribution in [1.82, 2.24) is 34.4 Å². The van der Waals surface area contributed by atoms with E-state index in [0.717, 1.165) is 42.1 Å². The molecule has 4 fully saturated rings. The Hall–Kier alpha value is -4.46. The molecule has 5 aliphatic heterocycles. The van der Waals surface area contributed by atoms with Gasteiger partial charge in [0.2, 0.25) is 5.91 Å². The second-order valence-corrected chi connectivity index (χ2v) is 22.7. The molecule has 3 amide bonds. The van der Waals surface area contributed by atoms with Crippen LogP contribution in [-0.4, -0.2) is 209 Å². The van der Waals surface area contributed by atoms with Crippen molar-refractivity contribution < 1.29 is 47.6 Å². The highest BCUT2D eigenvalue weighted by Crippen LogP contribution is 2.40. The zero-order valence-corrected chi connectivity index (χ0v) is 43.9. The maximum absolute atomic E-state index is 14.2. The van der Waals surface area contributed by atoms with Crippen LogP contribution in [0.4, 0.5) is 19.7 Å². The van der Waals surface area contributed by atoms with Crippen molar-refractivity contribution in [2.24, 2.45) is 0 Å². The number of piperazine rings is 2. The first-order valence-electron chi connectivity index (χ1n) is 25.1. The lowest BCUT2D eigenvalue weighted by Gasteiger charge is -2.47. The van der Waals surface area contributed by atoms with E-state index >= 15 is 0 Å². The number of morpholine rings is 2. The number of fused-ring (bicyclic) bond motifs is 1. The Morgan fingerprint density at radius 3 is 1.66 bits per heavy atom. The largest absolute Gasteiger partial charge is 0.480 e. The molecule has 0 radical (unpaired) electrons. The molecule has 17 nitrogen and oxygen atoms in total. The fraction of sp³-hybridized carbons (Fsp3) is 0.712. The third-order valence-electron chi connectivity index (χ3n) is 13.8. The van der Waals surface area contributed by atoms with E-state index in [1.165, 1.54) is 12.1 Å². The third-order valence-corrected chi connectivity index (χ3v) is 13.8. The highest BCUT2D eigenvalue weighted by molar-refractivity contribution is 5.97. The number of benzene rings is 1. The van der Waals surface area contributed by atoms with Gasteiger partial charge in [0.05, 0.1) is 50.9 Å². The van der Waals surface area contributed by atoms with Crippen LogP contribution in [0.1, 0.15) is 99.9 Å². The summed E-state index contributed by atoms with van der Waals surface area (Å²) in [7, 11) is 0. The molecule has 70 heavy (non-hydrogen) atoms. The summed E-state index contributed by atoms with van der Waals surface area (Å²) in [4.78, 5) is 70.4. The molecular weight excluding hydrogens is 900 g/mol. The third kappa shape index (κ3) is 14.8. The zero-order chi connectivity index (χ0) is 51.3. The molecule has 0 aliphatic carbocycles. The molecule has 4 saturated heterocycles. The maximum atomic E-state index is 14.2. The van der Waals surface area contributed by atoms with Crippen LogP contribution >= 0.6 is 0 Å². The quantitative estimate of drug-likeness (QED) is 0.315. The van der Waals surface area contributed by atoms with E-state index < -0.39 is 17.2 Å². The van der Waals surface area contributed by atoms with Gasteiger partial charge in [-0.2, -0.15) is 0 Å². The Kier molecular flexibility index (Phi) is 18.0. The van der Waals surface area contributed by atoms with Crippen molar-refractivity contribution in [2.75, 3.05) is 103 Å². The number of pyridine rings is 1. The second kappa shape index (κ2) is 23.0. The van der Waals surface area contributed by atoms with Gasteiger partial charge in [0.25, 0.3) is 0 Å².